The van der Waals surface area contributed by atoms with E-state index in [-0.39, 0.29) is 33.5 Å². The first-order valence-electron chi connectivity index (χ1n) is 12.1. The third-order valence-electron chi connectivity index (χ3n) is 6.44. The summed E-state index contributed by atoms with van der Waals surface area (Å²) in [6, 6.07) is 3.38. The Morgan fingerprint density at radius 1 is 1.23 bits per heavy atom. The van der Waals surface area contributed by atoms with Gasteiger partial charge in [-0.1, -0.05) is 31.5 Å². The van der Waals surface area contributed by atoms with Crippen LogP contribution >= 0.6 is 11.6 Å². The van der Waals surface area contributed by atoms with Gasteiger partial charge in [0, 0.05) is 18.2 Å². The van der Waals surface area contributed by atoms with E-state index in [1.54, 1.807) is 27.7 Å². The molecule has 0 amide bonds. The second-order valence-corrected chi connectivity index (χ2v) is 12.8. The average Bonchev–Trinajstić information content (AvgIpc) is 3.20. The molecule has 1 aromatic carbocycles. The van der Waals surface area contributed by atoms with Crippen LogP contribution in [0.3, 0.4) is 0 Å². The molecular weight excluding hydrogens is 563 g/mol. The Morgan fingerprint density at radius 2 is 1.87 bits per heavy atom. The van der Waals surface area contributed by atoms with Crippen LogP contribution in [-0.4, -0.2) is 54.4 Å². The predicted molar refractivity (Wildman–Crippen MR) is 137 cm³/mol. The number of rotatable bonds is 9. The Morgan fingerprint density at radius 3 is 2.41 bits per heavy atom. The van der Waals surface area contributed by atoms with Gasteiger partial charge in [-0.15, -0.1) is 0 Å². The molecule has 0 bridgehead atoms. The van der Waals surface area contributed by atoms with Gasteiger partial charge in [0.15, 0.2) is 5.15 Å². The zero-order valence-electron chi connectivity index (χ0n) is 22.4. The number of anilines is 1. The van der Waals surface area contributed by atoms with E-state index in [4.69, 9.17) is 16.3 Å². The first-order chi connectivity index (χ1) is 17.8. The van der Waals surface area contributed by atoms with Crippen LogP contribution in [0.5, 0.6) is 5.75 Å². The second kappa shape index (κ2) is 10.6. The quantitative estimate of drug-likeness (QED) is 0.299. The van der Waals surface area contributed by atoms with Crippen molar-refractivity contribution in [1.82, 2.24) is 9.78 Å². The number of aryl methyl sites for hydroxylation is 1. The zero-order chi connectivity index (χ0) is 29.6. The second-order valence-electron chi connectivity index (χ2n) is 10.6. The molecular formula is C25H31ClF3N3O6S. The van der Waals surface area contributed by atoms with E-state index < -0.39 is 51.8 Å². The zero-order valence-corrected chi connectivity index (χ0v) is 23.9. The predicted octanol–water partition coefficient (Wildman–Crippen LogP) is 4.94. The monoisotopic (exact) mass is 593 g/mol. The van der Waals surface area contributed by atoms with Gasteiger partial charge in [-0.25, -0.2) is 8.42 Å². The minimum atomic E-state index is -4.78. The van der Waals surface area contributed by atoms with Crippen LogP contribution in [0.25, 0.3) is 0 Å². The summed E-state index contributed by atoms with van der Waals surface area (Å²) in [5, 5.41) is 3.78. The van der Waals surface area contributed by atoms with E-state index in [1.165, 1.54) is 29.1 Å². The molecule has 14 heteroatoms. The molecule has 1 aromatic heterocycles. The van der Waals surface area contributed by atoms with E-state index >= 15 is 0 Å². The van der Waals surface area contributed by atoms with Crippen LogP contribution < -0.4 is 9.04 Å². The van der Waals surface area contributed by atoms with Crippen molar-refractivity contribution in [3.63, 3.8) is 0 Å². The third-order valence-corrected chi connectivity index (χ3v) is 8.73. The Labute approximate surface area is 230 Å². The summed E-state index contributed by atoms with van der Waals surface area (Å²) >= 11 is 6.20. The lowest BCUT2D eigenvalue weighted by molar-refractivity contribution is -0.257. The molecule has 9 nitrogen and oxygen atoms in total. The van der Waals surface area contributed by atoms with Crippen molar-refractivity contribution < 1.29 is 40.7 Å². The van der Waals surface area contributed by atoms with Gasteiger partial charge >= 0.3 is 12.1 Å². The van der Waals surface area contributed by atoms with Gasteiger partial charge in [0.05, 0.1) is 18.2 Å². The molecule has 0 aliphatic carbocycles. The summed E-state index contributed by atoms with van der Waals surface area (Å²) in [6.07, 6.45) is -3.83. The minimum absolute atomic E-state index is 0.0587. The number of nitrogens with zero attached hydrogens (tertiary/aromatic N) is 3. The smallest absolute Gasteiger partial charge is 0.427 e. The first-order valence-corrected chi connectivity index (χ1v) is 14.0. The molecule has 2 heterocycles. The van der Waals surface area contributed by atoms with Gasteiger partial charge in [-0.2, -0.15) is 18.3 Å². The average molecular weight is 594 g/mol. The van der Waals surface area contributed by atoms with Crippen LogP contribution in [0, 0.1) is 5.41 Å². The molecule has 1 aliphatic heterocycles. The largest absolute Gasteiger partial charge is 0.486 e. The molecule has 2 aromatic rings. The minimum Gasteiger partial charge on any atom is -0.486 e. The molecule has 1 aliphatic rings. The molecule has 216 valence electrons. The van der Waals surface area contributed by atoms with Gasteiger partial charge in [-0.05, 0) is 51.8 Å². The van der Waals surface area contributed by atoms with Gasteiger partial charge in [0.25, 0.3) is 10.0 Å². The van der Waals surface area contributed by atoms with Crippen LogP contribution in [0.15, 0.2) is 29.3 Å². The number of alkyl halides is 3. The number of carbonyl (C=O) groups excluding carboxylic acids is 2. The molecule has 0 N–H and O–H groups in total. The maximum absolute atomic E-state index is 14.0. The molecule has 2 atom stereocenters. The third kappa shape index (κ3) is 6.34. The Hall–Kier alpha value is -2.80. The van der Waals surface area contributed by atoms with Crippen LogP contribution in [0.4, 0.5) is 18.9 Å². The number of benzene rings is 1. The maximum atomic E-state index is 14.0. The normalized spacial score (nSPS) is 18.4. The highest BCUT2D eigenvalue weighted by Gasteiger charge is 2.51. The summed E-state index contributed by atoms with van der Waals surface area (Å²) in [7, 11) is -4.35. The van der Waals surface area contributed by atoms with Gasteiger partial charge in [0.2, 0.25) is 5.60 Å². The Bertz CT molecular complexity index is 1360. The summed E-state index contributed by atoms with van der Waals surface area (Å²) in [6.45, 7) is 8.60. The SMILES string of the molecule is CCn1cc(S(=O)(=O)N2c3cc(CC(=O)OC(C)(C)C(F)(F)F)ccc3O[C@@H](CC(C)(C)C=O)[C@@H]2C)c(Cl)n1. The molecule has 0 saturated carbocycles. The highest BCUT2D eigenvalue weighted by atomic mass is 35.5. The topological polar surface area (TPSA) is 108 Å². The van der Waals surface area contributed by atoms with Crippen molar-refractivity contribution in [2.24, 2.45) is 5.41 Å². The summed E-state index contributed by atoms with van der Waals surface area (Å²) < 4.78 is 80.7. The summed E-state index contributed by atoms with van der Waals surface area (Å²) in [4.78, 5) is 23.7. The number of aldehydes is 1. The van der Waals surface area contributed by atoms with Crippen molar-refractivity contribution >= 4 is 39.6 Å². The van der Waals surface area contributed by atoms with Crippen molar-refractivity contribution in [2.75, 3.05) is 4.31 Å². The fraction of sp³-hybridized carbons (Fsp3) is 0.560. The fourth-order valence-electron chi connectivity index (χ4n) is 4.07. The van der Waals surface area contributed by atoms with E-state index in [1.807, 2.05) is 0 Å². The highest BCUT2D eigenvalue weighted by Crippen LogP contribution is 2.43. The number of halogens is 4. The lowest BCUT2D eigenvalue weighted by Crippen LogP contribution is -2.52. The summed E-state index contributed by atoms with van der Waals surface area (Å²) in [5.74, 6) is -0.996. The van der Waals surface area contributed by atoms with Gasteiger partial charge in [0.1, 0.15) is 23.0 Å². The Balaban J connectivity index is 2.07. The standard InChI is InChI=1S/C25H31ClF3N3O6S/c1-7-31-13-20(22(26)30-31)39(35,36)32-15(2)19(12-23(3,4)14-33)37-18-9-8-16(10-17(18)32)11-21(34)38-24(5,6)25(27,28)29/h8-10,13-15,19H,7,11-12H2,1-6H3/t15-,19-/m0/s1. The van der Waals surface area contributed by atoms with Crippen LogP contribution in [0.2, 0.25) is 5.15 Å². The number of carbonyl (C=O) groups is 2. The Kier molecular flexibility index (Phi) is 8.39. The molecule has 0 radical (unpaired) electrons. The first kappa shape index (κ1) is 30.7. The molecule has 0 saturated heterocycles. The number of hydrogen-bond donors (Lipinski definition) is 0. The highest BCUT2D eigenvalue weighted by molar-refractivity contribution is 7.93. The van der Waals surface area contributed by atoms with E-state index in [0.29, 0.717) is 6.54 Å². The maximum Gasteiger partial charge on any atom is 0.427 e. The summed E-state index contributed by atoms with van der Waals surface area (Å²) in [5.41, 5.74) is -3.27. The van der Waals surface area contributed by atoms with Crippen LogP contribution in [0.1, 0.15) is 53.5 Å². The van der Waals surface area contributed by atoms with Crippen LogP contribution in [-0.2, 0) is 37.3 Å². The van der Waals surface area contributed by atoms with E-state index in [9.17, 15) is 31.2 Å². The van der Waals surface area contributed by atoms with E-state index in [2.05, 4.69) is 9.84 Å². The lowest BCUT2D eigenvalue weighted by Gasteiger charge is -2.42. The molecule has 0 spiro atoms. The number of fused-ring (bicyclic) bond motifs is 1. The molecule has 0 fully saturated rings. The number of esters is 1. The van der Waals surface area contributed by atoms with Crippen molar-refractivity contribution in [2.45, 2.75) is 89.7 Å². The van der Waals surface area contributed by atoms with Crippen molar-refractivity contribution in [3.8, 4) is 5.75 Å². The van der Waals surface area contributed by atoms with E-state index in [0.717, 1.165) is 24.4 Å². The fourth-order valence-corrected chi connectivity index (χ4v) is 6.20. The van der Waals surface area contributed by atoms with Gasteiger partial charge < -0.3 is 14.3 Å². The number of sulfonamides is 1. The van der Waals surface area contributed by atoms with Crippen molar-refractivity contribution in [1.29, 1.82) is 0 Å². The molecule has 3 rings (SSSR count). The molecule has 39 heavy (non-hydrogen) atoms. The van der Waals surface area contributed by atoms with Crippen molar-refractivity contribution in [3.05, 3.63) is 35.1 Å². The lowest BCUT2D eigenvalue weighted by atomic mass is 9.86. The molecule has 0 unspecified atom stereocenters. The van der Waals surface area contributed by atoms with Gasteiger partial charge in [-0.3, -0.25) is 13.8 Å². The number of ether oxygens (including phenoxy) is 2. The number of hydrogen-bond acceptors (Lipinski definition) is 7. The number of aromatic nitrogens is 2.